The first-order chi connectivity index (χ1) is 10.2. The topological polar surface area (TPSA) is 58.1 Å². The first-order valence-corrected chi connectivity index (χ1v) is 7.16. The van der Waals surface area contributed by atoms with E-state index >= 15 is 0 Å². The van der Waals surface area contributed by atoms with Crippen molar-refractivity contribution in [1.82, 2.24) is 14.9 Å². The summed E-state index contributed by atoms with van der Waals surface area (Å²) in [5, 5.41) is 3.17. The fourth-order valence-corrected chi connectivity index (χ4v) is 2.49. The van der Waals surface area contributed by atoms with Crippen LogP contribution in [0.4, 0.5) is 11.6 Å². The standard InChI is InChI=1S/C16H18N4O/c1-12-7-8-15(21)20(12)11-14-9-10-17-16(19-14)18-13-5-3-2-4-6-13/h2-6,9-10,12H,7-8,11H2,1H3,(H,17,18,19). The third-order valence-corrected chi connectivity index (χ3v) is 3.70. The van der Waals surface area contributed by atoms with Gasteiger partial charge in [0.25, 0.3) is 0 Å². The normalized spacial score (nSPS) is 18.0. The Kier molecular flexibility index (Phi) is 3.81. The lowest BCUT2D eigenvalue weighted by Crippen LogP contribution is -2.30. The van der Waals surface area contributed by atoms with Crippen molar-refractivity contribution in [3.05, 3.63) is 48.3 Å². The van der Waals surface area contributed by atoms with E-state index in [1.165, 1.54) is 0 Å². The zero-order chi connectivity index (χ0) is 14.7. The first kappa shape index (κ1) is 13.5. The van der Waals surface area contributed by atoms with Crippen LogP contribution in [0.5, 0.6) is 0 Å². The van der Waals surface area contributed by atoms with Crippen molar-refractivity contribution in [1.29, 1.82) is 0 Å². The third-order valence-electron chi connectivity index (χ3n) is 3.70. The predicted molar refractivity (Wildman–Crippen MR) is 81.0 cm³/mol. The Hall–Kier alpha value is -2.43. The highest BCUT2D eigenvalue weighted by molar-refractivity contribution is 5.78. The molecule has 0 radical (unpaired) electrons. The quantitative estimate of drug-likeness (QED) is 0.936. The summed E-state index contributed by atoms with van der Waals surface area (Å²) < 4.78 is 0. The molecule has 108 valence electrons. The molecule has 1 aliphatic rings. The third kappa shape index (κ3) is 3.18. The summed E-state index contributed by atoms with van der Waals surface area (Å²) in [6.07, 6.45) is 3.29. The van der Waals surface area contributed by atoms with Crippen molar-refractivity contribution in [3.8, 4) is 0 Å². The molecule has 1 atom stereocenters. The summed E-state index contributed by atoms with van der Waals surface area (Å²) in [5.74, 6) is 0.761. The molecule has 0 saturated carbocycles. The van der Waals surface area contributed by atoms with Crippen LogP contribution >= 0.6 is 0 Å². The SMILES string of the molecule is CC1CCC(=O)N1Cc1ccnc(Nc2ccccc2)n1. The number of nitrogens with zero attached hydrogens (tertiary/aromatic N) is 3. The number of amides is 1. The molecule has 1 saturated heterocycles. The molecule has 0 bridgehead atoms. The summed E-state index contributed by atoms with van der Waals surface area (Å²) in [7, 11) is 0. The molecule has 2 heterocycles. The second kappa shape index (κ2) is 5.91. The molecule has 1 unspecified atom stereocenters. The highest BCUT2D eigenvalue weighted by Gasteiger charge is 2.27. The van der Waals surface area contributed by atoms with Crippen LogP contribution < -0.4 is 5.32 Å². The van der Waals surface area contributed by atoms with Gasteiger partial charge < -0.3 is 10.2 Å². The van der Waals surface area contributed by atoms with Gasteiger partial charge in [-0.2, -0.15) is 0 Å². The number of benzene rings is 1. The molecule has 1 aromatic heterocycles. The minimum absolute atomic E-state index is 0.207. The Labute approximate surface area is 124 Å². The first-order valence-electron chi connectivity index (χ1n) is 7.16. The van der Waals surface area contributed by atoms with Crippen LogP contribution in [-0.4, -0.2) is 26.8 Å². The minimum Gasteiger partial charge on any atom is -0.334 e. The molecule has 1 aliphatic heterocycles. The minimum atomic E-state index is 0.207. The van der Waals surface area contributed by atoms with Gasteiger partial charge in [-0.3, -0.25) is 4.79 Å². The van der Waals surface area contributed by atoms with Gasteiger partial charge in [-0.25, -0.2) is 9.97 Å². The van der Waals surface area contributed by atoms with E-state index < -0.39 is 0 Å². The molecule has 21 heavy (non-hydrogen) atoms. The van der Waals surface area contributed by atoms with Crippen LogP contribution in [0.1, 0.15) is 25.5 Å². The smallest absolute Gasteiger partial charge is 0.227 e. The molecule has 1 fully saturated rings. The van der Waals surface area contributed by atoms with E-state index in [4.69, 9.17) is 0 Å². The zero-order valence-electron chi connectivity index (χ0n) is 12.0. The molecule has 2 aromatic rings. The molecular formula is C16H18N4O. The second-order valence-electron chi connectivity index (χ2n) is 5.27. The van der Waals surface area contributed by atoms with Gasteiger partial charge in [0, 0.05) is 24.3 Å². The maximum Gasteiger partial charge on any atom is 0.227 e. The van der Waals surface area contributed by atoms with E-state index in [1.807, 2.05) is 41.3 Å². The molecule has 5 heteroatoms. The lowest BCUT2D eigenvalue weighted by atomic mass is 10.2. The van der Waals surface area contributed by atoms with E-state index in [9.17, 15) is 4.79 Å². The summed E-state index contributed by atoms with van der Waals surface area (Å²) in [6.45, 7) is 2.63. The molecule has 5 nitrogen and oxygen atoms in total. The molecule has 1 aromatic carbocycles. The van der Waals surface area contributed by atoms with Gasteiger partial charge in [0.15, 0.2) is 0 Å². The van der Waals surface area contributed by atoms with Crippen LogP contribution in [0.3, 0.4) is 0 Å². The Bertz CT molecular complexity index is 629. The fourth-order valence-electron chi connectivity index (χ4n) is 2.49. The molecule has 1 N–H and O–H groups in total. The van der Waals surface area contributed by atoms with Gasteiger partial charge in [0.1, 0.15) is 0 Å². The van der Waals surface area contributed by atoms with Gasteiger partial charge >= 0.3 is 0 Å². The average molecular weight is 282 g/mol. The van der Waals surface area contributed by atoms with Crippen molar-refractivity contribution < 1.29 is 4.79 Å². The molecule has 1 amide bonds. The number of hydrogen-bond donors (Lipinski definition) is 1. The maximum atomic E-state index is 11.8. The lowest BCUT2D eigenvalue weighted by molar-refractivity contribution is -0.129. The Morgan fingerprint density at radius 3 is 2.81 bits per heavy atom. The van der Waals surface area contributed by atoms with Crippen molar-refractivity contribution >= 4 is 17.5 Å². The van der Waals surface area contributed by atoms with E-state index in [0.29, 0.717) is 18.9 Å². The largest absolute Gasteiger partial charge is 0.334 e. The maximum absolute atomic E-state index is 11.8. The highest BCUT2D eigenvalue weighted by atomic mass is 16.2. The van der Waals surface area contributed by atoms with Gasteiger partial charge in [0.05, 0.1) is 12.2 Å². The zero-order valence-corrected chi connectivity index (χ0v) is 12.0. The fraction of sp³-hybridized carbons (Fsp3) is 0.312. The van der Waals surface area contributed by atoms with Crippen molar-refractivity contribution in [2.45, 2.75) is 32.4 Å². The van der Waals surface area contributed by atoms with Crippen molar-refractivity contribution in [2.24, 2.45) is 0 Å². The van der Waals surface area contributed by atoms with Crippen molar-refractivity contribution in [3.63, 3.8) is 0 Å². The average Bonchev–Trinajstić information content (AvgIpc) is 2.81. The summed E-state index contributed by atoms with van der Waals surface area (Å²) in [4.78, 5) is 22.4. The predicted octanol–water partition coefficient (Wildman–Crippen LogP) is 2.73. The number of rotatable bonds is 4. The van der Waals surface area contributed by atoms with Crippen LogP contribution in [0.15, 0.2) is 42.6 Å². The number of nitrogens with one attached hydrogen (secondary N) is 1. The number of carbonyl (C=O) groups is 1. The molecule has 0 aliphatic carbocycles. The number of anilines is 2. The van der Waals surface area contributed by atoms with E-state index in [2.05, 4.69) is 22.2 Å². The monoisotopic (exact) mass is 282 g/mol. The van der Waals surface area contributed by atoms with Crippen LogP contribution in [0, 0.1) is 0 Å². The van der Waals surface area contributed by atoms with Crippen LogP contribution in [0.25, 0.3) is 0 Å². The Morgan fingerprint density at radius 2 is 2.10 bits per heavy atom. The van der Waals surface area contributed by atoms with Crippen molar-refractivity contribution in [2.75, 3.05) is 5.32 Å². The molecule has 3 rings (SSSR count). The van der Waals surface area contributed by atoms with Crippen LogP contribution in [-0.2, 0) is 11.3 Å². The molecule has 0 spiro atoms. The van der Waals surface area contributed by atoms with Crippen LogP contribution in [0.2, 0.25) is 0 Å². The van der Waals surface area contributed by atoms with Gasteiger partial charge in [-0.1, -0.05) is 18.2 Å². The number of carbonyl (C=O) groups excluding carboxylic acids is 1. The van der Waals surface area contributed by atoms with E-state index in [1.54, 1.807) is 6.20 Å². The highest BCUT2D eigenvalue weighted by Crippen LogP contribution is 2.20. The molecular weight excluding hydrogens is 264 g/mol. The number of likely N-dealkylation sites (tertiary alicyclic amines) is 1. The summed E-state index contributed by atoms with van der Waals surface area (Å²) >= 11 is 0. The number of para-hydroxylation sites is 1. The van der Waals surface area contributed by atoms with Gasteiger partial charge in [-0.15, -0.1) is 0 Å². The van der Waals surface area contributed by atoms with E-state index in [-0.39, 0.29) is 11.9 Å². The number of hydrogen-bond acceptors (Lipinski definition) is 4. The Morgan fingerprint density at radius 1 is 1.29 bits per heavy atom. The van der Waals surface area contributed by atoms with Gasteiger partial charge in [0.2, 0.25) is 11.9 Å². The second-order valence-corrected chi connectivity index (χ2v) is 5.27. The van der Waals surface area contributed by atoms with E-state index in [0.717, 1.165) is 17.8 Å². The summed E-state index contributed by atoms with van der Waals surface area (Å²) in [5.41, 5.74) is 1.80. The van der Waals surface area contributed by atoms with Gasteiger partial charge in [-0.05, 0) is 31.5 Å². The number of aromatic nitrogens is 2. The summed E-state index contributed by atoms with van der Waals surface area (Å²) in [6, 6.07) is 11.9. The Balaban J connectivity index is 1.73. The lowest BCUT2D eigenvalue weighted by Gasteiger charge is -2.21.